The molecule has 0 aliphatic carbocycles. The quantitative estimate of drug-likeness (QED) is 0.781. The summed E-state index contributed by atoms with van der Waals surface area (Å²) < 4.78 is 46.8. The summed E-state index contributed by atoms with van der Waals surface area (Å²) in [5, 5.41) is 0. The molecular formula is C5H7BrN2O. The predicted molar refractivity (Wildman–Crippen MR) is 37.5 cm³/mol. The van der Waals surface area contributed by atoms with Crippen LogP contribution in [0.1, 0.15) is 15.1 Å². The summed E-state index contributed by atoms with van der Waals surface area (Å²) >= 11 is 2.93. The van der Waals surface area contributed by atoms with Crippen molar-refractivity contribution in [1.82, 2.24) is 9.97 Å². The summed E-state index contributed by atoms with van der Waals surface area (Å²) in [7, 11) is 0. The second-order valence-electron chi connectivity index (χ2n) is 1.17. The van der Waals surface area contributed by atoms with Gasteiger partial charge in [0.15, 0.2) is 0 Å². The Labute approximate surface area is 70.0 Å². The van der Waals surface area contributed by atoms with Crippen LogP contribution in [-0.2, 0) is 0 Å². The first kappa shape index (κ1) is 2.27. The topological polar surface area (TPSA) is 37.9 Å². The minimum absolute atomic E-state index is 0.189. The Morgan fingerprint density at radius 1 is 2.33 bits per heavy atom. The Kier molecular flexibility index (Phi) is 0.723. The van der Waals surface area contributed by atoms with Crippen molar-refractivity contribution in [2.24, 2.45) is 0 Å². The van der Waals surface area contributed by atoms with Crippen molar-refractivity contribution in [3.8, 4) is 6.01 Å². The number of nitrogens with zero attached hydrogens (tertiary/aromatic N) is 1. The van der Waals surface area contributed by atoms with E-state index in [1.54, 1.807) is 0 Å². The van der Waals surface area contributed by atoms with Gasteiger partial charge < -0.3 is 9.72 Å². The van der Waals surface area contributed by atoms with E-state index in [0.717, 1.165) is 0 Å². The smallest absolute Gasteiger partial charge is 0.294 e. The molecule has 0 saturated carbocycles. The zero-order valence-electron chi connectivity index (χ0n) is 10.2. The minimum Gasteiger partial charge on any atom is -0.465 e. The lowest BCUT2D eigenvalue weighted by Gasteiger charge is -1.93. The first-order valence-corrected chi connectivity index (χ1v) is 2.84. The Balaban J connectivity index is 2.86. The maximum Gasteiger partial charge on any atom is 0.294 e. The normalized spacial score (nSPS) is 22.3. The molecular weight excluding hydrogens is 184 g/mol. The molecule has 1 rings (SSSR count). The van der Waals surface area contributed by atoms with Crippen molar-refractivity contribution in [3.05, 3.63) is 10.8 Å². The van der Waals surface area contributed by atoms with Crippen LogP contribution in [0.15, 0.2) is 10.8 Å². The van der Waals surface area contributed by atoms with E-state index in [1.165, 1.54) is 0 Å². The number of hydrogen-bond donors (Lipinski definition) is 1. The van der Waals surface area contributed by atoms with Crippen LogP contribution in [0.2, 0.25) is 0 Å². The van der Waals surface area contributed by atoms with E-state index >= 15 is 0 Å². The molecule has 0 amide bonds. The number of imidazole rings is 1. The molecule has 0 spiro atoms. The molecule has 1 aromatic rings. The summed E-state index contributed by atoms with van der Waals surface area (Å²) in [4.78, 5) is 5.84. The second-order valence-corrected chi connectivity index (χ2v) is 1.96. The van der Waals surface area contributed by atoms with Gasteiger partial charge in [-0.1, -0.05) is 0 Å². The van der Waals surface area contributed by atoms with E-state index in [0.29, 0.717) is 0 Å². The van der Waals surface area contributed by atoms with Crippen LogP contribution in [0.4, 0.5) is 0 Å². The molecule has 0 radical (unpaired) electrons. The van der Waals surface area contributed by atoms with Gasteiger partial charge in [0.2, 0.25) is 0 Å². The van der Waals surface area contributed by atoms with Crippen LogP contribution < -0.4 is 4.74 Å². The van der Waals surface area contributed by atoms with Gasteiger partial charge in [0.05, 0.1) is 16.8 Å². The van der Waals surface area contributed by atoms with Gasteiger partial charge in [-0.3, -0.25) is 0 Å². The van der Waals surface area contributed by atoms with E-state index in [2.05, 4.69) is 30.6 Å². The monoisotopic (exact) mass is 196 g/mol. The number of hydrogen-bond acceptors (Lipinski definition) is 2. The molecule has 0 unspecified atom stereocenters. The highest BCUT2D eigenvalue weighted by molar-refractivity contribution is 9.10. The number of nitrogens with one attached hydrogen (secondary N) is 1. The van der Waals surface area contributed by atoms with Crippen LogP contribution in [-0.4, -0.2) is 16.5 Å². The molecule has 0 atom stereocenters. The summed E-state index contributed by atoms with van der Waals surface area (Å²) in [6, 6.07) is -0.354. The number of halogens is 1. The van der Waals surface area contributed by atoms with Crippen molar-refractivity contribution in [3.63, 3.8) is 0 Å². The van der Waals surface area contributed by atoms with Crippen LogP contribution >= 0.6 is 15.9 Å². The Bertz CT molecular complexity index is 341. The lowest BCUT2D eigenvalue weighted by atomic mass is 10.9. The molecule has 1 N–H and O–H groups in total. The number of aromatic nitrogens is 2. The molecule has 0 aromatic carbocycles. The minimum atomic E-state index is -2.92. The standard InChI is InChI=1S/C5H7BrN2O/c1-2-9-5-7-3-4(6)8-5/h3H,2H2,1H3,(H,7,8)/i1D3,2D2,3D. The van der Waals surface area contributed by atoms with Gasteiger partial charge in [-0.15, -0.1) is 0 Å². The Morgan fingerprint density at radius 2 is 3.22 bits per heavy atom. The molecule has 1 aromatic heterocycles. The number of rotatable bonds is 2. The number of aromatic amines is 1. The first-order valence-electron chi connectivity index (χ1n) is 5.04. The van der Waals surface area contributed by atoms with Gasteiger partial charge in [-0.2, -0.15) is 0 Å². The van der Waals surface area contributed by atoms with Crippen molar-refractivity contribution in [2.45, 2.75) is 6.85 Å². The molecule has 0 saturated heterocycles. The van der Waals surface area contributed by atoms with Crippen molar-refractivity contribution < 1.29 is 13.0 Å². The molecule has 4 heteroatoms. The molecule has 3 nitrogen and oxygen atoms in total. The highest BCUT2D eigenvalue weighted by Crippen LogP contribution is 2.09. The zero-order chi connectivity index (χ0) is 11.9. The fourth-order valence-corrected chi connectivity index (χ4v) is 0.605. The van der Waals surface area contributed by atoms with Gasteiger partial charge in [0, 0.05) is 4.11 Å². The van der Waals surface area contributed by atoms with Gasteiger partial charge in [0.1, 0.15) is 4.60 Å². The fraction of sp³-hybridized carbons (Fsp3) is 0.400. The van der Waals surface area contributed by atoms with E-state index < -0.39 is 13.4 Å². The highest BCUT2D eigenvalue weighted by atomic mass is 79.9. The summed E-state index contributed by atoms with van der Waals surface area (Å²) in [6.07, 6.45) is -0.189. The van der Waals surface area contributed by atoms with Crippen molar-refractivity contribution in [2.75, 3.05) is 6.56 Å². The predicted octanol–water partition coefficient (Wildman–Crippen LogP) is 1.57. The summed E-state index contributed by atoms with van der Waals surface area (Å²) in [5.41, 5.74) is 0. The molecule has 1 heterocycles. The van der Waals surface area contributed by atoms with Gasteiger partial charge in [0.25, 0.3) is 6.01 Å². The Hall–Kier alpha value is -0.510. The van der Waals surface area contributed by atoms with Crippen LogP contribution in [0.5, 0.6) is 6.01 Å². The SMILES string of the molecule is [2H]c1nc(OC([2H])([2H])C([2H])([2H])[2H])[nH]c1Br. The van der Waals surface area contributed by atoms with Gasteiger partial charge in [-0.05, 0) is 22.8 Å². The molecule has 9 heavy (non-hydrogen) atoms. The molecule has 50 valence electrons. The maximum atomic E-state index is 7.17. The molecule has 0 aliphatic heterocycles. The van der Waals surface area contributed by atoms with Crippen molar-refractivity contribution in [1.29, 1.82) is 0 Å². The van der Waals surface area contributed by atoms with E-state index in [9.17, 15) is 0 Å². The van der Waals surface area contributed by atoms with E-state index in [1.807, 2.05) is 0 Å². The molecule has 0 bridgehead atoms. The van der Waals surface area contributed by atoms with Crippen LogP contribution in [0, 0.1) is 0 Å². The highest BCUT2D eigenvalue weighted by Gasteiger charge is 1.94. The largest absolute Gasteiger partial charge is 0.465 e. The average Bonchev–Trinajstić information content (AvgIpc) is 2.27. The lowest BCUT2D eigenvalue weighted by Crippen LogP contribution is -1.91. The third-order valence-corrected chi connectivity index (χ3v) is 0.996. The zero-order valence-corrected chi connectivity index (χ0v) is 5.82. The average molecular weight is 197 g/mol. The molecule has 0 aliphatic rings. The third kappa shape index (κ3) is 1.71. The lowest BCUT2D eigenvalue weighted by molar-refractivity contribution is 0.315. The number of H-pyrrole nitrogens is 1. The van der Waals surface area contributed by atoms with Crippen LogP contribution in [0.25, 0.3) is 0 Å². The molecule has 0 fully saturated rings. The van der Waals surface area contributed by atoms with E-state index in [-0.39, 0.29) is 16.8 Å². The first-order chi connectivity index (χ1) is 6.63. The van der Waals surface area contributed by atoms with Crippen molar-refractivity contribution >= 4 is 15.9 Å². The number of ether oxygens (including phenoxy) is 1. The maximum absolute atomic E-state index is 7.17. The fourth-order valence-electron chi connectivity index (χ4n) is 0.346. The Morgan fingerprint density at radius 3 is 3.78 bits per heavy atom. The van der Waals surface area contributed by atoms with E-state index in [4.69, 9.17) is 8.22 Å². The second kappa shape index (κ2) is 2.87. The summed E-state index contributed by atoms with van der Waals surface area (Å²) in [5.74, 6) is 0. The van der Waals surface area contributed by atoms with Gasteiger partial charge >= 0.3 is 0 Å². The van der Waals surface area contributed by atoms with Gasteiger partial charge in [-0.25, -0.2) is 4.98 Å². The summed E-state index contributed by atoms with van der Waals surface area (Å²) in [6.45, 7) is -5.77. The van der Waals surface area contributed by atoms with Crippen LogP contribution in [0.3, 0.4) is 0 Å². The third-order valence-electron chi connectivity index (χ3n) is 0.620.